The molecule has 1 fully saturated rings. The molecule has 2 rings (SSSR count). The number of ether oxygens (including phenoxy) is 2. The topological polar surface area (TPSA) is 65.7 Å². The molecule has 0 bridgehead atoms. The van der Waals surface area contributed by atoms with E-state index >= 15 is 0 Å². The van der Waals surface area contributed by atoms with Gasteiger partial charge in [-0.25, -0.2) is 9.59 Å². The minimum Gasteiger partial charge on any atom is -0.464 e. The number of rotatable bonds is 1. The summed E-state index contributed by atoms with van der Waals surface area (Å²) in [7, 11) is 0. The number of carbonyl (C=O) groups excluding carboxylic acids is 2. The second kappa shape index (κ2) is 3.90. The van der Waals surface area contributed by atoms with E-state index in [2.05, 4.69) is 20.7 Å². The van der Waals surface area contributed by atoms with Gasteiger partial charge in [0.2, 0.25) is 0 Å². The molecule has 1 aromatic rings. The van der Waals surface area contributed by atoms with Crippen molar-refractivity contribution in [1.82, 2.24) is 0 Å². The molecule has 0 unspecified atom stereocenters. The van der Waals surface area contributed by atoms with Crippen molar-refractivity contribution in [1.29, 1.82) is 0 Å². The maximum atomic E-state index is 10.8. The van der Waals surface area contributed by atoms with E-state index in [0.717, 1.165) is 4.47 Å². The number of esters is 2. The Morgan fingerprint density at radius 1 is 1.33 bits per heavy atom. The lowest BCUT2D eigenvalue weighted by Crippen LogP contribution is -2.27. The van der Waals surface area contributed by atoms with Crippen LogP contribution in [0.5, 0.6) is 0 Å². The Bertz CT molecular complexity index is 445. The summed E-state index contributed by atoms with van der Waals surface area (Å²) < 4.78 is 15.0. The summed E-state index contributed by atoms with van der Waals surface area (Å²) in [4.78, 5) is 21.5. The normalized spacial score (nSPS) is 18.9. The molecule has 2 heterocycles. The molecule has 0 N–H and O–H groups in total. The fourth-order valence-corrected chi connectivity index (χ4v) is 1.33. The molecule has 0 amide bonds. The van der Waals surface area contributed by atoms with Crippen LogP contribution >= 0.6 is 15.9 Å². The minimum atomic E-state index is -1.02. The second-order valence-corrected chi connectivity index (χ2v) is 3.56. The SMILES string of the molecule is O=C1OCC(=Cc2occc2Br)OC1=O. The Morgan fingerprint density at radius 3 is 2.73 bits per heavy atom. The van der Waals surface area contributed by atoms with Crippen LogP contribution < -0.4 is 0 Å². The first-order valence-corrected chi connectivity index (χ1v) is 4.78. The number of furan rings is 1. The van der Waals surface area contributed by atoms with Crippen LogP contribution in [0.2, 0.25) is 0 Å². The Kier molecular flexibility index (Phi) is 2.59. The predicted octanol–water partition coefficient (Wildman–Crippen LogP) is 1.48. The van der Waals surface area contributed by atoms with E-state index in [1.165, 1.54) is 12.3 Å². The highest BCUT2D eigenvalue weighted by atomic mass is 79.9. The third kappa shape index (κ3) is 2.10. The average molecular weight is 273 g/mol. The highest BCUT2D eigenvalue weighted by Gasteiger charge is 2.26. The second-order valence-electron chi connectivity index (χ2n) is 2.71. The van der Waals surface area contributed by atoms with Gasteiger partial charge in [0, 0.05) is 6.08 Å². The van der Waals surface area contributed by atoms with Crippen LogP contribution in [0.3, 0.4) is 0 Å². The summed E-state index contributed by atoms with van der Waals surface area (Å²) in [5.74, 6) is -1.27. The van der Waals surface area contributed by atoms with E-state index in [4.69, 9.17) is 9.15 Å². The standard InChI is InChI=1S/C9H5BrO5/c10-6-1-2-13-7(6)3-5-4-14-8(11)9(12)15-5/h1-3H,4H2. The van der Waals surface area contributed by atoms with E-state index in [9.17, 15) is 9.59 Å². The third-order valence-corrected chi connectivity index (χ3v) is 2.33. The molecule has 1 saturated heterocycles. The zero-order valence-electron chi connectivity index (χ0n) is 7.36. The molecule has 0 aliphatic carbocycles. The molecule has 0 atom stereocenters. The molecule has 0 aromatic carbocycles. The van der Waals surface area contributed by atoms with Crippen molar-refractivity contribution >= 4 is 33.9 Å². The van der Waals surface area contributed by atoms with Gasteiger partial charge in [-0.2, -0.15) is 0 Å². The number of hydrogen-bond donors (Lipinski definition) is 0. The molecule has 6 heteroatoms. The summed E-state index contributed by atoms with van der Waals surface area (Å²) in [6.45, 7) is -0.0717. The van der Waals surface area contributed by atoms with Crippen molar-refractivity contribution < 1.29 is 23.5 Å². The van der Waals surface area contributed by atoms with Crippen molar-refractivity contribution in [2.24, 2.45) is 0 Å². The van der Waals surface area contributed by atoms with Gasteiger partial charge in [0.1, 0.15) is 18.1 Å². The van der Waals surface area contributed by atoms with Gasteiger partial charge in [0.25, 0.3) is 0 Å². The Labute approximate surface area is 92.8 Å². The Hall–Kier alpha value is -1.56. The summed E-state index contributed by atoms with van der Waals surface area (Å²) in [5, 5.41) is 0. The lowest BCUT2D eigenvalue weighted by molar-refractivity contribution is -0.171. The van der Waals surface area contributed by atoms with E-state index < -0.39 is 11.9 Å². The van der Waals surface area contributed by atoms with Gasteiger partial charge < -0.3 is 13.9 Å². The van der Waals surface area contributed by atoms with Crippen molar-refractivity contribution in [2.45, 2.75) is 0 Å². The molecule has 78 valence electrons. The summed E-state index contributed by atoms with van der Waals surface area (Å²) >= 11 is 3.23. The van der Waals surface area contributed by atoms with E-state index in [0.29, 0.717) is 5.76 Å². The van der Waals surface area contributed by atoms with Crippen LogP contribution in [0.25, 0.3) is 6.08 Å². The van der Waals surface area contributed by atoms with E-state index in [-0.39, 0.29) is 12.4 Å². The number of halogens is 1. The van der Waals surface area contributed by atoms with Crippen molar-refractivity contribution in [3.63, 3.8) is 0 Å². The van der Waals surface area contributed by atoms with Gasteiger partial charge in [-0.3, -0.25) is 0 Å². The molecule has 15 heavy (non-hydrogen) atoms. The predicted molar refractivity (Wildman–Crippen MR) is 51.4 cm³/mol. The largest absolute Gasteiger partial charge is 0.464 e. The van der Waals surface area contributed by atoms with Crippen LogP contribution in [0, 0.1) is 0 Å². The maximum Gasteiger partial charge on any atom is 0.422 e. The van der Waals surface area contributed by atoms with Gasteiger partial charge in [-0.15, -0.1) is 0 Å². The monoisotopic (exact) mass is 272 g/mol. The van der Waals surface area contributed by atoms with Crippen molar-refractivity contribution in [2.75, 3.05) is 6.61 Å². The first-order chi connectivity index (χ1) is 7.16. The number of hydrogen-bond acceptors (Lipinski definition) is 5. The van der Waals surface area contributed by atoms with Crippen LogP contribution in [0.4, 0.5) is 0 Å². The Balaban J connectivity index is 2.19. The lowest BCUT2D eigenvalue weighted by Gasteiger charge is -2.13. The van der Waals surface area contributed by atoms with Gasteiger partial charge in [0.15, 0.2) is 0 Å². The smallest absolute Gasteiger partial charge is 0.422 e. The molecule has 1 aromatic heterocycles. The lowest BCUT2D eigenvalue weighted by atomic mass is 10.3. The third-order valence-electron chi connectivity index (χ3n) is 1.67. The van der Waals surface area contributed by atoms with Gasteiger partial charge >= 0.3 is 11.9 Å². The molecule has 0 saturated carbocycles. The summed E-state index contributed by atoms with van der Waals surface area (Å²) in [6, 6.07) is 1.70. The first-order valence-electron chi connectivity index (χ1n) is 3.99. The summed E-state index contributed by atoms with van der Waals surface area (Å²) in [5.41, 5.74) is 0. The van der Waals surface area contributed by atoms with Crippen molar-refractivity contribution in [3.8, 4) is 0 Å². The molecule has 0 spiro atoms. The molecule has 1 aliphatic rings. The quantitative estimate of drug-likeness (QED) is 0.572. The molecular formula is C9H5BrO5. The highest BCUT2D eigenvalue weighted by molar-refractivity contribution is 9.10. The number of cyclic esters (lactones) is 2. The van der Waals surface area contributed by atoms with Gasteiger partial charge in [-0.1, -0.05) is 0 Å². The fraction of sp³-hybridized carbons (Fsp3) is 0.111. The zero-order chi connectivity index (χ0) is 10.8. The van der Waals surface area contributed by atoms with E-state index in [1.807, 2.05) is 0 Å². The van der Waals surface area contributed by atoms with Crippen LogP contribution in [-0.4, -0.2) is 18.5 Å². The first kappa shape index (κ1) is 9.97. The van der Waals surface area contributed by atoms with Crippen LogP contribution in [0.15, 0.2) is 27.0 Å². The fourth-order valence-electron chi connectivity index (χ4n) is 1.01. The van der Waals surface area contributed by atoms with Crippen LogP contribution in [0.1, 0.15) is 5.76 Å². The molecule has 1 aliphatic heterocycles. The van der Waals surface area contributed by atoms with Gasteiger partial charge in [-0.05, 0) is 22.0 Å². The highest BCUT2D eigenvalue weighted by Crippen LogP contribution is 2.21. The number of carbonyl (C=O) groups is 2. The molecule has 5 nitrogen and oxygen atoms in total. The molecule has 0 radical (unpaired) electrons. The van der Waals surface area contributed by atoms with Crippen molar-refractivity contribution in [3.05, 3.63) is 28.3 Å². The van der Waals surface area contributed by atoms with Gasteiger partial charge in [0.05, 0.1) is 10.7 Å². The van der Waals surface area contributed by atoms with Crippen LogP contribution in [-0.2, 0) is 19.1 Å². The summed E-state index contributed by atoms with van der Waals surface area (Å²) in [6.07, 6.45) is 2.96. The maximum absolute atomic E-state index is 10.8. The van der Waals surface area contributed by atoms with E-state index in [1.54, 1.807) is 6.07 Å². The molecular weight excluding hydrogens is 268 g/mol. The minimum absolute atomic E-state index is 0.0717. The zero-order valence-corrected chi connectivity index (χ0v) is 8.94. The average Bonchev–Trinajstić information content (AvgIpc) is 2.59. The Morgan fingerprint density at radius 2 is 2.13 bits per heavy atom.